The van der Waals surface area contributed by atoms with E-state index in [0.29, 0.717) is 12.0 Å². The largest absolute Gasteiger partial charge is 0.466 e. The molecular formula is C11H16O5. The van der Waals surface area contributed by atoms with Crippen molar-refractivity contribution < 1.29 is 24.1 Å². The van der Waals surface area contributed by atoms with E-state index in [0.717, 1.165) is 0 Å². The van der Waals surface area contributed by atoms with Crippen molar-refractivity contribution in [3.63, 3.8) is 0 Å². The molecule has 1 N–H and O–H groups in total. The number of hydrogen-bond acceptors (Lipinski definition) is 5. The van der Waals surface area contributed by atoms with E-state index >= 15 is 0 Å². The molecule has 1 aliphatic carbocycles. The van der Waals surface area contributed by atoms with Gasteiger partial charge >= 0.3 is 5.97 Å². The van der Waals surface area contributed by atoms with E-state index in [9.17, 15) is 9.90 Å². The quantitative estimate of drug-likeness (QED) is 0.657. The fourth-order valence-electron chi connectivity index (χ4n) is 2.18. The summed E-state index contributed by atoms with van der Waals surface area (Å²) >= 11 is 0. The van der Waals surface area contributed by atoms with Crippen LogP contribution in [-0.2, 0) is 19.0 Å². The number of carbonyl (C=O) groups is 1. The second-order valence-electron chi connectivity index (χ2n) is 4.52. The minimum atomic E-state index is -0.824. The molecule has 2 rings (SSSR count). The standard InChI is InChI=1S/C11H16O5/c1-11(2)15-8-5-6(10(13)14-3)4-7(12)9(8)16-11/h4,7-9,12H,5H2,1-3H3. The predicted octanol–water partition coefficient (Wildman–Crippen LogP) is 0.370. The highest BCUT2D eigenvalue weighted by Crippen LogP contribution is 2.36. The van der Waals surface area contributed by atoms with Crippen LogP contribution in [0.4, 0.5) is 0 Å². The van der Waals surface area contributed by atoms with E-state index in [1.54, 1.807) is 13.8 Å². The molecule has 0 bridgehead atoms. The summed E-state index contributed by atoms with van der Waals surface area (Å²) in [6, 6.07) is 0. The molecule has 16 heavy (non-hydrogen) atoms. The van der Waals surface area contributed by atoms with Gasteiger partial charge in [0.2, 0.25) is 0 Å². The molecule has 3 atom stereocenters. The zero-order valence-corrected chi connectivity index (χ0v) is 9.60. The Hall–Kier alpha value is -0.910. The maximum Gasteiger partial charge on any atom is 0.333 e. The van der Waals surface area contributed by atoms with Gasteiger partial charge in [0.05, 0.1) is 13.2 Å². The average molecular weight is 228 g/mol. The summed E-state index contributed by atoms with van der Waals surface area (Å²) in [6.07, 6.45) is 0.386. The SMILES string of the molecule is COC(=O)C1=CC(O)C2OC(C)(C)OC2C1. The van der Waals surface area contributed by atoms with Gasteiger partial charge in [-0.15, -0.1) is 0 Å². The third-order valence-electron chi connectivity index (χ3n) is 2.80. The van der Waals surface area contributed by atoms with Crippen LogP contribution in [0.25, 0.3) is 0 Å². The molecule has 1 heterocycles. The summed E-state index contributed by atoms with van der Waals surface area (Å²) in [5.74, 6) is -1.14. The maximum atomic E-state index is 11.4. The fourth-order valence-corrected chi connectivity index (χ4v) is 2.18. The van der Waals surface area contributed by atoms with Gasteiger partial charge in [-0.2, -0.15) is 0 Å². The highest BCUT2D eigenvalue weighted by molar-refractivity contribution is 5.88. The van der Waals surface area contributed by atoms with Crippen molar-refractivity contribution in [2.24, 2.45) is 0 Å². The van der Waals surface area contributed by atoms with Crippen LogP contribution in [0.3, 0.4) is 0 Å². The number of aliphatic hydroxyl groups is 1. The number of hydrogen-bond donors (Lipinski definition) is 1. The molecule has 0 aromatic carbocycles. The van der Waals surface area contributed by atoms with Crippen LogP contribution in [0.2, 0.25) is 0 Å². The Kier molecular flexibility index (Phi) is 2.77. The van der Waals surface area contributed by atoms with Gasteiger partial charge in [0.15, 0.2) is 5.79 Å². The average Bonchev–Trinajstić information content (AvgIpc) is 2.52. The van der Waals surface area contributed by atoms with Crippen molar-refractivity contribution in [3.8, 4) is 0 Å². The Labute approximate surface area is 94.0 Å². The number of carbonyl (C=O) groups excluding carboxylic acids is 1. The van der Waals surface area contributed by atoms with Gasteiger partial charge in [0.25, 0.3) is 0 Å². The van der Waals surface area contributed by atoms with Crippen LogP contribution in [0.5, 0.6) is 0 Å². The van der Waals surface area contributed by atoms with Crippen LogP contribution in [0.15, 0.2) is 11.6 Å². The number of fused-ring (bicyclic) bond motifs is 1. The van der Waals surface area contributed by atoms with Crippen molar-refractivity contribution in [2.45, 2.75) is 44.4 Å². The molecule has 0 spiro atoms. The lowest BCUT2D eigenvalue weighted by atomic mass is 9.92. The van der Waals surface area contributed by atoms with E-state index in [4.69, 9.17) is 9.47 Å². The second-order valence-corrected chi connectivity index (χ2v) is 4.52. The summed E-state index contributed by atoms with van der Waals surface area (Å²) in [4.78, 5) is 11.4. The maximum absolute atomic E-state index is 11.4. The summed E-state index contributed by atoms with van der Waals surface area (Å²) in [5, 5.41) is 9.84. The van der Waals surface area contributed by atoms with Gasteiger partial charge in [-0.1, -0.05) is 0 Å². The molecule has 5 heteroatoms. The van der Waals surface area contributed by atoms with Gasteiger partial charge < -0.3 is 19.3 Å². The normalized spacial score (nSPS) is 36.5. The van der Waals surface area contributed by atoms with Gasteiger partial charge in [-0.25, -0.2) is 4.79 Å². The second kappa shape index (κ2) is 3.84. The minimum absolute atomic E-state index is 0.288. The molecule has 0 radical (unpaired) electrons. The molecule has 0 aromatic rings. The van der Waals surface area contributed by atoms with E-state index < -0.39 is 24.0 Å². The van der Waals surface area contributed by atoms with E-state index in [-0.39, 0.29) is 6.10 Å². The zero-order chi connectivity index (χ0) is 11.9. The van der Waals surface area contributed by atoms with E-state index in [1.807, 2.05) is 0 Å². The number of esters is 1. The molecule has 0 saturated carbocycles. The van der Waals surface area contributed by atoms with Gasteiger partial charge in [-0.3, -0.25) is 0 Å². The Morgan fingerprint density at radius 1 is 1.56 bits per heavy atom. The zero-order valence-electron chi connectivity index (χ0n) is 9.60. The summed E-state index contributed by atoms with van der Waals surface area (Å²) in [7, 11) is 1.32. The Bertz CT molecular complexity index is 333. The molecule has 1 fully saturated rings. The third kappa shape index (κ3) is 1.98. The molecule has 1 aliphatic heterocycles. The number of methoxy groups -OCH3 is 1. The first-order valence-electron chi connectivity index (χ1n) is 5.25. The molecular weight excluding hydrogens is 212 g/mol. The number of rotatable bonds is 1. The predicted molar refractivity (Wildman–Crippen MR) is 54.5 cm³/mol. The van der Waals surface area contributed by atoms with Crippen molar-refractivity contribution in [1.82, 2.24) is 0 Å². The van der Waals surface area contributed by atoms with Crippen molar-refractivity contribution in [2.75, 3.05) is 7.11 Å². The monoisotopic (exact) mass is 228 g/mol. The van der Waals surface area contributed by atoms with Crippen LogP contribution in [0.1, 0.15) is 20.3 Å². The summed E-state index contributed by atoms with van der Waals surface area (Å²) in [6.45, 7) is 3.58. The molecule has 90 valence electrons. The summed E-state index contributed by atoms with van der Waals surface area (Å²) < 4.78 is 15.8. The molecule has 0 aromatic heterocycles. The molecule has 0 amide bonds. The van der Waals surface area contributed by atoms with Gasteiger partial charge in [0.1, 0.15) is 12.2 Å². The molecule has 2 aliphatic rings. The lowest BCUT2D eigenvalue weighted by molar-refractivity contribution is -0.151. The summed E-state index contributed by atoms with van der Waals surface area (Å²) in [5.41, 5.74) is 0.442. The molecule has 5 nitrogen and oxygen atoms in total. The van der Waals surface area contributed by atoms with Crippen molar-refractivity contribution in [3.05, 3.63) is 11.6 Å². The molecule has 3 unspecified atom stereocenters. The minimum Gasteiger partial charge on any atom is -0.466 e. The van der Waals surface area contributed by atoms with Crippen LogP contribution >= 0.6 is 0 Å². The van der Waals surface area contributed by atoms with Crippen LogP contribution in [-0.4, -0.2) is 42.3 Å². The Balaban J connectivity index is 2.16. The lowest BCUT2D eigenvalue weighted by Gasteiger charge is -2.25. The van der Waals surface area contributed by atoms with Gasteiger partial charge in [0, 0.05) is 12.0 Å². The van der Waals surface area contributed by atoms with Gasteiger partial charge in [-0.05, 0) is 19.9 Å². The van der Waals surface area contributed by atoms with Crippen LogP contribution in [0, 0.1) is 0 Å². The van der Waals surface area contributed by atoms with Crippen LogP contribution < -0.4 is 0 Å². The number of ether oxygens (including phenoxy) is 3. The highest BCUT2D eigenvalue weighted by atomic mass is 16.8. The first-order chi connectivity index (χ1) is 7.43. The molecule has 1 saturated heterocycles. The number of aliphatic hydroxyl groups excluding tert-OH is 1. The smallest absolute Gasteiger partial charge is 0.333 e. The first-order valence-corrected chi connectivity index (χ1v) is 5.25. The topological polar surface area (TPSA) is 65.0 Å². The lowest BCUT2D eigenvalue weighted by Crippen LogP contribution is -2.39. The fraction of sp³-hybridized carbons (Fsp3) is 0.727. The van der Waals surface area contributed by atoms with E-state index in [1.165, 1.54) is 13.2 Å². The van der Waals surface area contributed by atoms with E-state index in [2.05, 4.69) is 4.74 Å². The van der Waals surface area contributed by atoms with Crippen molar-refractivity contribution >= 4 is 5.97 Å². The van der Waals surface area contributed by atoms with Crippen molar-refractivity contribution in [1.29, 1.82) is 0 Å². The Morgan fingerprint density at radius 2 is 2.25 bits per heavy atom. The highest BCUT2D eigenvalue weighted by Gasteiger charge is 2.47. The first kappa shape index (κ1) is 11.6. The Morgan fingerprint density at radius 3 is 2.88 bits per heavy atom. The third-order valence-corrected chi connectivity index (χ3v) is 2.80.